The van der Waals surface area contributed by atoms with Crippen LogP contribution in [0.25, 0.3) is 60.9 Å². The molecule has 0 amide bonds. The molecular formula is C52H37N. The first-order valence-corrected chi connectivity index (χ1v) is 18.7. The second-order valence-electron chi connectivity index (χ2n) is 15.2. The molecule has 0 N–H and O–H groups in total. The summed E-state index contributed by atoms with van der Waals surface area (Å²) in [5, 5.41) is 2.60. The number of nitrogens with zero attached hydrogens (tertiary/aromatic N) is 1. The molecule has 1 aliphatic heterocycles. The highest BCUT2D eigenvalue weighted by molar-refractivity contribution is 6.12. The van der Waals surface area contributed by atoms with Crippen molar-refractivity contribution in [3.8, 4) is 39.1 Å². The minimum Gasteiger partial charge on any atom is -0.309 e. The fraction of sp³-hybridized carbons (Fsp3) is 0.0769. The number of para-hydroxylation sites is 3. The number of hydrogen-bond donors (Lipinski definition) is 0. The Balaban J connectivity index is 1.15. The Labute approximate surface area is 310 Å². The third kappa shape index (κ3) is 4.02. The number of hydrogen-bond acceptors (Lipinski definition) is 0. The molecule has 0 bridgehead atoms. The normalized spacial score (nSPS) is 16.3. The predicted molar refractivity (Wildman–Crippen MR) is 221 cm³/mol. The van der Waals surface area contributed by atoms with Crippen molar-refractivity contribution in [2.24, 2.45) is 0 Å². The van der Waals surface area contributed by atoms with Crippen LogP contribution >= 0.6 is 0 Å². The van der Waals surface area contributed by atoms with Crippen LogP contribution < -0.4 is 0 Å². The first kappa shape index (κ1) is 30.2. The Morgan fingerprint density at radius 3 is 1.60 bits per heavy atom. The van der Waals surface area contributed by atoms with E-state index in [1.165, 1.54) is 94.3 Å². The lowest BCUT2D eigenvalue weighted by Crippen LogP contribution is -2.44. The largest absolute Gasteiger partial charge is 0.309 e. The van der Waals surface area contributed by atoms with E-state index < -0.39 is 5.41 Å². The SMILES string of the molecule is CC1(C)c2ccccc2C2(c3ccccc3-n3c4ccccc4c4cccc2c43)c2cccc(-c3ccc(-c4ccc(-c5ccccc5)cc4)cc3)c21. The Bertz CT molecular complexity index is 2890. The van der Waals surface area contributed by atoms with Crippen LogP contribution in [0.3, 0.4) is 0 Å². The Kier molecular flexibility index (Phi) is 6.29. The maximum Gasteiger partial charge on any atom is 0.0748 e. The monoisotopic (exact) mass is 675 g/mol. The Morgan fingerprint density at radius 2 is 0.868 bits per heavy atom. The van der Waals surface area contributed by atoms with Gasteiger partial charge in [0.15, 0.2) is 0 Å². The van der Waals surface area contributed by atoms with Crippen LogP contribution in [0.1, 0.15) is 47.2 Å². The van der Waals surface area contributed by atoms with Crippen LogP contribution in [0.4, 0.5) is 0 Å². The van der Waals surface area contributed by atoms with E-state index in [1.54, 1.807) is 0 Å². The second-order valence-corrected chi connectivity index (χ2v) is 15.2. The first-order chi connectivity index (χ1) is 26.1. The second kappa shape index (κ2) is 11.0. The topological polar surface area (TPSA) is 4.93 Å². The van der Waals surface area contributed by atoms with E-state index in [1.807, 2.05) is 0 Å². The minimum absolute atomic E-state index is 0.243. The molecule has 0 saturated carbocycles. The van der Waals surface area contributed by atoms with E-state index in [2.05, 4.69) is 206 Å². The maximum atomic E-state index is 2.53. The molecule has 0 saturated heterocycles. The molecule has 11 rings (SSSR count). The summed E-state index contributed by atoms with van der Waals surface area (Å²) < 4.78 is 2.53. The van der Waals surface area contributed by atoms with Crippen molar-refractivity contribution in [1.82, 2.24) is 4.57 Å². The average Bonchev–Trinajstić information content (AvgIpc) is 3.57. The van der Waals surface area contributed by atoms with E-state index in [9.17, 15) is 0 Å². The highest BCUT2D eigenvalue weighted by Crippen LogP contribution is 2.61. The smallest absolute Gasteiger partial charge is 0.0748 e. The lowest BCUT2D eigenvalue weighted by molar-refractivity contribution is 0.558. The van der Waals surface area contributed by atoms with Gasteiger partial charge in [0.2, 0.25) is 0 Å². The highest BCUT2D eigenvalue weighted by Gasteiger charge is 2.53. The first-order valence-electron chi connectivity index (χ1n) is 18.7. The van der Waals surface area contributed by atoms with Crippen LogP contribution in [-0.4, -0.2) is 4.57 Å². The van der Waals surface area contributed by atoms with E-state index in [4.69, 9.17) is 0 Å². The summed E-state index contributed by atoms with van der Waals surface area (Å²) in [6, 6.07) is 70.1. The van der Waals surface area contributed by atoms with Gasteiger partial charge < -0.3 is 4.57 Å². The van der Waals surface area contributed by atoms with Crippen LogP contribution in [0.5, 0.6) is 0 Å². The molecule has 1 unspecified atom stereocenters. The van der Waals surface area contributed by atoms with Gasteiger partial charge in [-0.1, -0.05) is 190 Å². The molecule has 1 spiro atoms. The van der Waals surface area contributed by atoms with Crippen molar-refractivity contribution in [2.75, 3.05) is 0 Å². The molecule has 250 valence electrons. The molecule has 1 aliphatic carbocycles. The standard InChI is InChI=1S/C52H37N/c1-51(2)42-19-7-8-20-43(42)52(44-21-9-11-25-48(44)53-47-24-10-6-16-40(47)41-18-13-23-46(52)50(41)53)45-22-12-17-39(49(45)51)38-32-30-37(31-33-38)36-28-26-35(27-29-36)34-14-4-3-5-15-34/h3-33H,1-2H3. The fourth-order valence-corrected chi connectivity index (χ4v) is 10.0. The Hall–Kier alpha value is -6.44. The fourth-order valence-electron chi connectivity index (χ4n) is 10.0. The summed E-state index contributed by atoms with van der Waals surface area (Å²) in [6.07, 6.45) is 0. The van der Waals surface area contributed by atoms with Gasteiger partial charge in [-0.05, 0) is 78.9 Å². The minimum atomic E-state index is -0.502. The zero-order chi connectivity index (χ0) is 35.3. The van der Waals surface area contributed by atoms with Crippen LogP contribution in [0, 0.1) is 0 Å². The summed E-state index contributed by atoms with van der Waals surface area (Å²) in [4.78, 5) is 0. The molecule has 1 heteroatoms. The molecular weight excluding hydrogens is 639 g/mol. The van der Waals surface area contributed by atoms with Gasteiger partial charge in [0.25, 0.3) is 0 Å². The van der Waals surface area contributed by atoms with Crippen molar-refractivity contribution < 1.29 is 0 Å². The van der Waals surface area contributed by atoms with Gasteiger partial charge in [-0.25, -0.2) is 0 Å². The lowest BCUT2D eigenvalue weighted by atomic mass is 9.52. The summed E-state index contributed by atoms with van der Waals surface area (Å²) in [7, 11) is 0. The summed E-state index contributed by atoms with van der Waals surface area (Å²) in [5.41, 5.74) is 18.7. The number of fused-ring (bicyclic) bond motifs is 11. The molecule has 1 nitrogen and oxygen atoms in total. The van der Waals surface area contributed by atoms with Gasteiger partial charge in [-0.15, -0.1) is 0 Å². The third-order valence-electron chi connectivity index (χ3n) is 12.3. The summed E-state index contributed by atoms with van der Waals surface area (Å²) in [5.74, 6) is 0. The molecule has 53 heavy (non-hydrogen) atoms. The van der Waals surface area contributed by atoms with E-state index >= 15 is 0 Å². The van der Waals surface area contributed by atoms with Crippen LogP contribution in [0.15, 0.2) is 188 Å². The number of benzene rings is 8. The highest BCUT2D eigenvalue weighted by atomic mass is 15.0. The van der Waals surface area contributed by atoms with E-state index in [-0.39, 0.29) is 5.41 Å². The molecule has 9 aromatic rings. The average molecular weight is 676 g/mol. The zero-order valence-electron chi connectivity index (χ0n) is 29.8. The lowest BCUT2D eigenvalue weighted by Gasteiger charge is -2.50. The Morgan fingerprint density at radius 1 is 0.358 bits per heavy atom. The van der Waals surface area contributed by atoms with Gasteiger partial charge in [0.1, 0.15) is 0 Å². The third-order valence-corrected chi connectivity index (χ3v) is 12.3. The van der Waals surface area contributed by atoms with Crippen molar-refractivity contribution in [2.45, 2.75) is 24.7 Å². The van der Waals surface area contributed by atoms with Gasteiger partial charge in [-0.3, -0.25) is 0 Å². The molecule has 2 aliphatic rings. The number of rotatable bonds is 3. The van der Waals surface area contributed by atoms with Crippen molar-refractivity contribution >= 4 is 21.8 Å². The maximum absolute atomic E-state index is 2.53. The van der Waals surface area contributed by atoms with E-state index in [0.29, 0.717) is 0 Å². The molecule has 0 radical (unpaired) electrons. The summed E-state index contributed by atoms with van der Waals surface area (Å²) >= 11 is 0. The predicted octanol–water partition coefficient (Wildman–Crippen LogP) is 13.1. The van der Waals surface area contributed by atoms with Gasteiger partial charge in [0.05, 0.1) is 22.1 Å². The molecule has 2 heterocycles. The van der Waals surface area contributed by atoms with Gasteiger partial charge >= 0.3 is 0 Å². The quantitative estimate of drug-likeness (QED) is 0.176. The zero-order valence-corrected chi connectivity index (χ0v) is 29.8. The van der Waals surface area contributed by atoms with Crippen molar-refractivity contribution in [3.05, 3.63) is 221 Å². The van der Waals surface area contributed by atoms with E-state index in [0.717, 1.165) is 0 Å². The summed E-state index contributed by atoms with van der Waals surface area (Å²) in [6.45, 7) is 4.85. The van der Waals surface area contributed by atoms with Gasteiger partial charge in [0, 0.05) is 16.2 Å². The van der Waals surface area contributed by atoms with Crippen LogP contribution in [-0.2, 0) is 10.8 Å². The molecule has 8 aromatic carbocycles. The molecule has 1 atom stereocenters. The molecule has 1 aromatic heterocycles. The van der Waals surface area contributed by atoms with Crippen molar-refractivity contribution in [1.29, 1.82) is 0 Å². The molecule has 0 fully saturated rings. The van der Waals surface area contributed by atoms with Crippen molar-refractivity contribution in [3.63, 3.8) is 0 Å². The number of aromatic nitrogens is 1. The van der Waals surface area contributed by atoms with Crippen LogP contribution in [0.2, 0.25) is 0 Å². The van der Waals surface area contributed by atoms with Gasteiger partial charge in [-0.2, -0.15) is 0 Å².